The first-order chi connectivity index (χ1) is 10.5. The van der Waals surface area contributed by atoms with Crippen molar-refractivity contribution in [1.29, 1.82) is 0 Å². The second-order valence-corrected chi connectivity index (χ2v) is 6.52. The summed E-state index contributed by atoms with van der Waals surface area (Å²) in [4.78, 5) is 0. The standard InChI is InChI=1S/C5H7ClN2O2S.C5H9N3O2S/c2*6-11(10)5-1-2-8(7-5)3-4-9/h1-2,9H,3-4H2;1-2,9H,3-4,6H2. The number of hydrogen-bond acceptors (Lipinski definition) is 6. The SMILES string of the molecule is NS(=O)c1ccn(CCO)n1.O=S(Cl)c1ccn(CCO)n1. The Morgan fingerprint density at radius 2 is 1.50 bits per heavy atom. The summed E-state index contributed by atoms with van der Waals surface area (Å²) in [5, 5.41) is 30.4. The van der Waals surface area contributed by atoms with E-state index in [0.717, 1.165) is 0 Å². The molecule has 0 saturated heterocycles. The van der Waals surface area contributed by atoms with Gasteiger partial charge in [0.2, 0.25) is 0 Å². The molecule has 0 aliphatic carbocycles. The fourth-order valence-electron chi connectivity index (χ4n) is 1.33. The minimum atomic E-state index is -1.55. The smallest absolute Gasteiger partial charge is 0.168 e. The van der Waals surface area contributed by atoms with Crippen molar-refractivity contribution in [3.05, 3.63) is 24.5 Å². The average molecular weight is 370 g/mol. The van der Waals surface area contributed by atoms with Crippen LogP contribution in [-0.2, 0) is 34.1 Å². The molecule has 0 spiro atoms. The van der Waals surface area contributed by atoms with Gasteiger partial charge in [-0.1, -0.05) is 0 Å². The zero-order chi connectivity index (χ0) is 16.5. The minimum Gasteiger partial charge on any atom is -0.394 e. The Morgan fingerprint density at radius 1 is 1.05 bits per heavy atom. The van der Waals surface area contributed by atoms with Crippen LogP contribution in [0, 0.1) is 0 Å². The molecule has 0 amide bonds. The van der Waals surface area contributed by atoms with Gasteiger partial charge in [-0.3, -0.25) is 9.36 Å². The van der Waals surface area contributed by atoms with Crippen molar-refractivity contribution < 1.29 is 18.6 Å². The largest absolute Gasteiger partial charge is 0.394 e. The average Bonchev–Trinajstić information content (AvgIpc) is 3.09. The summed E-state index contributed by atoms with van der Waals surface area (Å²) in [5.41, 5.74) is 0. The molecular formula is C10H16ClN5O4S2. The summed E-state index contributed by atoms with van der Waals surface area (Å²) in [6.45, 7) is 0.819. The van der Waals surface area contributed by atoms with Gasteiger partial charge >= 0.3 is 0 Å². The van der Waals surface area contributed by atoms with Gasteiger partial charge in [-0.15, -0.1) is 0 Å². The van der Waals surface area contributed by atoms with E-state index in [1.54, 1.807) is 24.5 Å². The van der Waals surface area contributed by atoms with E-state index in [2.05, 4.69) is 10.2 Å². The summed E-state index contributed by atoms with van der Waals surface area (Å²) in [6.07, 6.45) is 3.24. The number of aromatic nitrogens is 4. The maximum absolute atomic E-state index is 10.6. The van der Waals surface area contributed by atoms with E-state index in [9.17, 15) is 8.42 Å². The van der Waals surface area contributed by atoms with E-state index >= 15 is 0 Å². The number of nitrogens with zero attached hydrogens (tertiary/aromatic N) is 4. The molecule has 2 aromatic rings. The summed E-state index contributed by atoms with van der Waals surface area (Å²) >= 11 is 0. The van der Waals surface area contributed by atoms with Crippen LogP contribution >= 0.6 is 10.7 Å². The lowest BCUT2D eigenvalue weighted by Crippen LogP contribution is -2.07. The van der Waals surface area contributed by atoms with E-state index in [-0.39, 0.29) is 13.2 Å². The lowest BCUT2D eigenvalue weighted by Gasteiger charge is -1.94. The zero-order valence-electron chi connectivity index (χ0n) is 11.4. The molecule has 0 aliphatic rings. The van der Waals surface area contributed by atoms with E-state index in [1.165, 1.54) is 9.36 Å². The molecule has 0 aromatic carbocycles. The maximum atomic E-state index is 10.6. The normalized spacial score (nSPS) is 13.3. The Morgan fingerprint density at radius 3 is 1.82 bits per heavy atom. The summed E-state index contributed by atoms with van der Waals surface area (Å²) < 4.78 is 24.2. The Balaban J connectivity index is 0.000000220. The molecule has 0 radical (unpaired) electrons. The second kappa shape index (κ2) is 9.82. The molecule has 2 unspecified atom stereocenters. The first-order valence-electron chi connectivity index (χ1n) is 6.00. The molecule has 2 aromatic heterocycles. The van der Waals surface area contributed by atoms with Gasteiger partial charge in [0.1, 0.15) is 11.0 Å². The number of hydrogen-bond donors (Lipinski definition) is 3. The van der Waals surface area contributed by atoms with Crippen LogP contribution in [0.25, 0.3) is 0 Å². The van der Waals surface area contributed by atoms with Crippen molar-refractivity contribution in [3.8, 4) is 0 Å². The third-order valence-corrected chi connectivity index (χ3v) is 3.91. The monoisotopic (exact) mass is 369 g/mol. The van der Waals surface area contributed by atoms with Gasteiger partial charge in [0, 0.05) is 12.4 Å². The summed E-state index contributed by atoms with van der Waals surface area (Å²) in [5.74, 6) is 0. The minimum absolute atomic E-state index is 0.00996. The van der Waals surface area contributed by atoms with Gasteiger partial charge < -0.3 is 10.2 Å². The Bertz CT molecular complexity index is 578. The molecule has 0 bridgehead atoms. The van der Waals surface area contributed by atoms with Crippen LogP contribution in [0.15, 0.2) is 34.6 Å². The van der Waals surface area contributed by atoms with Gasteiger partial charge in [0.05, 0.1) is 26.3 Å². The van der Waals surface area contributed by atoms with E-state index in [1.807, 2.05) is 0 Å². The third-order valence-electron chi connectivity index (χ3n) is 2.26. The lowest BCUT2D eigenvalue weighted by atomic mass is 10.7. The van der Waals surface area contributed by atoms with Crippen molar-refractivity contribution in [3.63, 3.8) is 0 Å². The highest BCUT2D eigenvalue weighted by Gasteiger charge is 2.03. The second-order valence-electron chi connectivity index (χ2n) is 3.80. The zero-order valence-corrected chi connectivity index (χ0v) is 13.8. The van der Waals surface area contributed by atoms with E-state index in [4.69, 9.17) is 26.0 Å². The molecule has 124 valence electrons. The maximum Gasteiger partial charge on any atom is 0.168 e. The van der Waals surface area contributed by atoms with Crippen LogP contribution in [0.4, 0.5) is 0 Å². The van der Waals surface area contributed by atoms with Gasteiger partial charge in [-0.25, -0.2) is 13.6 Å². The Labute approximate surface area is 136 Å². The van der Waals surface area contributed by atoms with Crippen LogP contribution in [0.5, 0.6) is 0 Å². The van der Waals surface area contributed by atoms with E-state index in [0.29, 0.717) is 23.1 Å². The molecule has 9 nitrogen and oxygen atoms in total. The topological polar surface area (TPSA) is 136 Å². The first-order valence-corrected chi connectivity index (χ1v) is 9.19. The summed E-state index contributed by atoms with van der Waals surface area (Å²) in [6, 6.07) is 3.12. The molecule has 0 aliphatic heterocycles. The highest BCUT2D eigenvalue weighted by molar-refractivity contribution is 8.08. The van der Waals surface area contributed by atoms with Crippen LogP contribution in [0.2, 0.25) is 0 Å². The van der Waals surface area contributed by atoms with Crippen LogP contribution in [0.3, 0.4) is 0 Å². The molecule has 2 rings (SSSR count). The molecule has 2 atom stereocenters. The number of aliphatic hydroxyl groups is 2. The number of halogens is 1. The number of rotatable bonds is 6. The van der Waals surface area contributed by atoms with Crippen molar-refractivity contribution in [1.82, 2.24) is 19.6 Å². The predicted molar refractivity (Wildman–Crippen MR) is 81.5 cm³/mol. The first kappa shape index (κ1) is 18.9. The van der Waals surface area contributed by atoms with Gasteiger partial charge in [0.15, 0.2) is 20.1 Å². The van der Waals surface area contributed by atoms with Crippen molar-refractivity contribution in [2.24, 2.45) is 5.14 Å². The summed E-state index contributed by atoms with van der Waals surface area (Å²) in [7, 11) is 2.17. The molecule has 0 saturated carbocycles. The Kier molecular flexibility index (Phi) is 8.45. The molecule has 0 fully saturated rings. The van der Waals surface area contributed by atoms with Gasteiger partial charge in [0.25, 0.3) is 0 Å². The van der Waals surface area contributed by atoms with Gasteiger partial charge in [-0.05, 0) is 22.8 Å². The highest BCUT2D eigenvalue weighted by atomic mass is 35.7. The van der Waals surface area contributed by atoms with Crippen molar-refractivity contribution in [2.45, 2.75) is 23.1 Å². The number of nitrogens with two attached hydrogens (primary N) is 1. The lowest BCUT2D eigenvalue weighted by molar-refractivity contribution is 0.268. The molecule has 12 heteroatoms. The van der Waals surface area contributed by atoms with Crippen molar-refractivity contribution in [2.75, 3.05) is 13.2 Å². The quantitative estimate of drug-likeness (QED) is 0.558. The molecule has 2 heterocycles. The van der Waals surface area contributed by atoms with Crippen LogP contribution in [0.1, 0.15) is 0 Å². The van der Waals surface area contributed by atoms with E-state index < -0.39 is 21.0 Å². The fraction of sp³-hybridized carbons (Fsp3) is 0.400. The van der Waals surface area contributed by atoms with Gasteiger partial charge in [-0.2, -0.15) is 10.2 Å². The highest BCUT2D eigenvalue weighted by Crippen LogP contribution is 2.05. The number of aliphatic hydroxyl groups excluding tert-OH is 2. The van der Waals surface area contributed by atoms with Crippen molar-refractivity contribution >= 4 is 31.7 Å². The fourth-order valence-corrected chi connectivity index (χ4v) is 2.30. The molecule has 22 heavy (non-hydrogen) atoms. The predicted octanol–water partition coefficient (Wildman–Crippen LogP) is -1.01. The van der Waals surface area contributed by atoms with Crippen LogP contribution < -0.4 is 5.14 Å². The molecule has 4 N–H and O–H groups in total. The third kappa shape index (κ3) is 6.34. The van der Waals surface area contributed by atoms with Crippen LogP contribution in [-0.4, -0.2) is 51.4 Å². The Hall–Kier alpha value is -1.11. The molecular weight excluding hydrogens is 354 g/mol.